The van der Waals surface area contributed by atoms with Crippen LogP contribution in [0.3, 0.4) is 0 Å². The van der Waals surface area contributed by atoms with Crippen LogP contribution in [0, 0.1) is 17.3 Å². The number of anilines is 1. The van der Waals surface area contributed by atoms with Crippen molar-refractivity contribution in [3.63, 3.8) is 0 Å². The highest BCUT2D eigenvalue weighted by atomic mass is 16.4. The van der Waals surface area contributed by atoms with Crippen molar-refractivity contribution < 1.29 is 9.90 Å². The van der Waals surface area contributed by atoms with Crippen LogP contribution >= 0.6 is 0 Å². The summed E-state index contributed by atoms with van der Waals surface area (Å²) in [5, 5.41) is 9.11. The first-order chi connectivity index (χ1) is 12.9. The Labute approximate surface area is 161 Å². The third-order valence-corrected chi connectivity index (χ3v) is 7.16. The summed E-state index contributed by atoms with van der Waals surface area (Å²) < 4.78 is 0. The van der Waals surface area contributed by atoms with Crippen LogP contribution in [0.1, 0.15) is 64.1 Å². The van der Waals surface area contributed by atoms with E-state index in [1.807, 2.05) is 0 Å². The van der Waals surface area contributed by atoms with E-state index < -0.39 is 6.09 Å². The van der Waals surface area contributed by atoms with Gasteiger partial charge in [-0.1, -0.05) is 26.7 Å². The minimum absolute atomic E-state index is 0.433. The molecule has 2 saturated carbocycles. The minimum Gasteiger partial charge on any atom is -0.465 e. The van der Waals surface area contributed by atoms with E-state index in [4.69, 9.17) is 10.1 Å². The number of fused-ring (bicyclic) bond motifs is 1. The van der Waals surface area contributed by atoms with Crippen molar-refractivity contribution in [1.82, 2.24) is 19.9 Å². The highest BCUT2D eigenvalue weighted by Crippen LogP contribution is 2.53. The van der Waals surface area contributed by atoms with Crippen LogP contribution in [0.4, 0.5) is 10.7 Å². The summed E-state index contributed by atoms with van der Waals surface area (Å²) >= 11 is 0. The fourth-order valence-electron chi connectivity index (χ4n) is 5.60. The molecule has 7 nitrogen and oxygen atoms in total. The number of piperazine rings is 1. The topological polar surface area (TPSA) is 82.5 Å². The van der Waals surface area contributed by atoms with E-state index in [0.717, 1.165) is 17.7 Å². The molecule has 1 aromatic rings. The number of hydrogen-bond donors (Lipinski definition) is 1. The average Bonchev–Trinajstić information content (AvgIpc) is 2.67. The molecule has 2 aliphatic carbocycles. The van der Waals surface area contributed by atoms with Crippen molar-refractivity contribution in [2.75, 3.05) is 31.1 Å². The van der Waals surface area contributed by atoms with Gasteiger partial charge in [-0.25, -0.2) is 14.8 Å². The second-order valence-electron chi connectivity index (χ2n) is 9.16. The molecule has 3 aliphatic rings. The summed E-state index contributed by atoms with van der Waals surface area (Å²) in [6.45, 7) is 7.17. The maximum Gasteiger partial charge on any atom is 0.407 e. The van der Waals surface area contributed by atoms with Gasteiger partial charge >= 0.3 is 6.09 Å². The SMILES string of the molecule is CC1(C)CCCC2CC(c3ncnc(N4CCN(C(=O)O)CC4)n3)CCC21. The zero-order chi connectivity index (χ0) is 19.0. The number of nitrogens with zero attached hydrogens (tertiary/aromatic N) is 5. The van der Waals surface area contributed by atoms with Crippen LogP contribution in [-0.4, -0.2) is 57.2 Å². The van der Waals surface area contributed by atoms with E-state index in [1.54, 1.807) is 6.33 Å². The van der Waals surface area contributed by atoms with Gasteiger partial charge < -0.3 is 14.9 Å². The highest BCUT2D eigenvalue weighted by Gasteiger charge is 2.43. The number of amides is 1. The molecule has 7 heteroatoms. The Balaban J connectivity index is 1.43. The minimum atomic E-state index is -0.849. The first-order valence-corrected chi connectivity index (χ1v) is 10.4. The van der Waals surface area contributed by atoms with Crippen molar-refractivity contribution in [3.8, 4) is 0 Å². The summed E-state index contributed by atoms with van der Waals surface area (Å²) in [7, 11) is 0. The molecule has 1 amide bonds. The fourth-order valence-corrected chi connectivity index (χ4v) is 5.60. The van der Waals surface area contributed by atoms with Crippen molar-refractivity contribution in [2.45, 2.75) is 58.3 Å². The third kappa shape index (κ3) is 3.73. The average molecular weight is 374 g/mol. The lowest BCUT2D eigenvalue weighted by Gasteiger charge is -2.48. The molecule has 3 unspecified atom stereocenters. The van der Waals surface area contributed by atoms with E-state index >= 15 is 0 Å². The lowest BCUT2D eigenvalue weighted by molar-refractivity contribution is 0.0320. The lowest BCUT2D eigenvalue weighted by atomic mass is 9.57. The van der Waals surface area contributed by atoms with Gasteiger partial charge in [-0.05, 0) is 42.9 Å². The molecule has 27 heavy (non-hydrogen) atoms. The molecule has 3 atom stereocenters. The van der Waals surface area contributed by atoms with Crippen molar-refractivity contribution in [1.29, 1.82) is 0 Å². The fraction of sp³-hybridized carbons (Fsp3) is 0.800. The summed E-state index contributed by atoms with van der Waals surface area (Å²) in [5.41, 5.74) is 0.474. The molecule has 1 N–H and O–H groups in total. The monoisotopic (exact) mass is 373 g/mol. The van der Waals surface area contributed by atoms with Gasteiger partial charge in [-0.15, -0.1) is 0 Å². The van der Waals surface area contributed by atoms with Crippen molar-refractivity contribution in [3.05, 3.63) is 12.2 Å². The Hall–Kier alpha value is -1.92. The largest absolute Gasteiger partial charge is 0.465 e. The predicted octanol–water partition coefficient (Wildman–Crippen LogP) is 3.38. The van der Waals surface area contributed by atoms with E-state index in [0.29, 0.717) is 43.5 Å². The van der Waals surface area contributed by atoms with E-state index in [9.17, 15) is 4.79 Å². The molecule has 148 valence electrons. The van der Waals surface area contributed by atoms with Crippen LogP contribution in [0.2, 0.25) is 0 Å². The second kappa shape index (κ2) is 7.24. The number of rotatable bonds is 2. The Bertz CT molecular complexity index is 687. The van der Waals surface area contributed by atoms with E-state index in [1.165, 1.54) is 43.4 Å². The highest BCUT2D eigenvalue weighted by molar-refractivity contribution is 5.65. The molecular weight excluding hydrogens is 342 g/mol. The molecular formula is C20H31N5O2. The van der Waals surface area contributed by atoms with Crippen molar-refractivity contribution >= 4 is 12.0 Å². The first kappa shape index (κ1) is 18.4. The normalized spacial score (nSPS) is 30.7. The van der Waals surface area contributed by atoms with Crippen LogP contribution in [-0.2, 0) is 0 Å². The molecule has 3 fully saturated rings. The third-order valence-electron chi connectivity index (χ3n) is 7.16. The van der Waals surface area contributed by atoms with Gasteiger partial charge in [0.05, 0.1) is 0 Å². The maximum atomic E-state index is 11.1. The summed E-state index contributed by atoms with van der Waals surface area (Å²) in [6, 6.07) is 0. The van der Waals surface area contributed by atoms with Gasteiger partial charge in [0.15, 0.2) is 0 Å². The van der Waals surface area contributed by atoms with E-state index in [2.05, 4.69) is 28.7 Å². The van der Waals surface area contributed by atoms with Gasteiger partial charge in [-0.2, -0.15) is 4.98 Å². The Morgan fingerprint density at radius 1 is 1.15 bits per heavy atom. The Morgan fingerprint density at radius 3 is 2.67 bits per heavy atom. The number of carboxylic acid groups (broad SMARTS) is 1. The molecule has 4 rings (SSSR count). The predicted molar refractivity (Wildman–Crippen MR) is 103 cm³/mol. The Kier molecular flexibility index (Phi) is 4.95. The first-order valence-electron chi connectivity index (χ1n) is 10.4. The Morgan fingerprint density at radius 2 is 1.93 bits per heavy atom. The number of carbonyl (C=O) groups is 1. The molecule has 1 aliphatic heterocycles. The van der Waals surface area contributed by atoms with Crippen LogP contribution in [0.25, 0.3) is 0 Å². The van der Waals surface area contributed by atoms with E-state index in [-0.39, 0.29) is 0 Å². The summed E-state index contributed by atoms with van der Waals surface area (Å²) in [4.78, 5) is 28.3. The number of aromatic nitrogens is 3. The molecule has 0 radical (unpaired) electrons. The van der Waals surface area contributed by atoms with Gasteiger partial charge in [0, 0.05) is 32.1 Å². The lowest BCUT2D eigenvalue weighted by Crippen LogP contribution is -2.49. The second-order valence-corrected chi connectivity index (χ2v) is 9.16. The zero-order valence-corrected chi connectivity index (χ0v) is 16.5. The van der Waals surface area contributed by atoms with Crippen LogP contribution in [0.15, 0.2) is 6.33 Å². The molecule has 2 heterocycles. The molecule has 0 spiro atoms. The number of hydrogen-bond acceptors (Lipinski definition) is 5. The van der Waals surface area contributed by atoms with Gasteiger partial charge in [0.2, 0.25) is 5.95 Å². The smallest absolute Gasteiger partial charge is 0.407 e. The summed E-state index contributed by atoms with van der Waals surface area (Å²) in [6.07, 6.45) is 8.48. The molecule has 0 bridgehead atoms. The quantitative estimate of drug-likeness (QED) is 0.856. The van der Waals surface area contributed by atoms with Crippen LogP contribution < -0.4 is 4.90 Å². The van der Waals surface area contributed by atoms with Crippen LogP contribution in [0.5, 0.6) is 0 Å². The van der Waals surface area contributed by atoms with Gasteiger partial charge in [0.1, 0.15) is 12.2 Å². The molecule has 0 aromatic carbocycles. The zero-order valence-electron chi connectivity index (χ0n) is 16.5. The molecule has 1 aromatic heterocycles. The summed E-state index contributed by atoms with van der Waals surface area (Å²) in [5.74, 6) is 3.71. The van der Waals surface area contributed by atoms with Crippen molar-refractivity contribution in [2.24, 2.45) is 17.3 Å². The maximum absolute atomic E-state index is 11.1. The standard InChI is InChI=1S/C20H31N5O2/c1-20(2)7-3-4-14-12-15(5-6-16(14)20)17-21-13-22-18(23-17)24-8-10-25(11-9-24)19(26)27/h13-16H,3-12H2,1-2H3,(H,26,27). The van der Waals surface area contributed by atoms with Gasteiger partial charge in [-0.3, -0.25) is 0 Å². The van der Waals surface area contributed by atoms with Gasteiger partial charge in [0.25, 0.3) is 0 Å². The molecule has 1 saturated heterocycles.